The second-order valence-corrected chi connectivity index (χ2v) is 4.82. The van der Waals surface area contributed by atoms with Gasteiger partial charge in [0.1, 0.15) is 0 Å². The zero-order valence-corrected chi connectivity index (χ0v) is 12.8. The van der Waals surface area contributed by atoms with E-state index >= 15 is 0 Å². The van der Waals surface area contributed by atoms with Crippen LogP contribution >= 0.6 is 11.6 Å². The molecule has 0 saturated carbocycles. The number of halogens is 1. The molecule has 1 aromatic heterocycles. The van der Waals surface area contributed by atoms with Crippen molar-refractivity contribution in [2.75, 3.05) is 5.88 Å². The number of hydrogen-bond acceptors (Lipinski definition) is 0. The van der Waals surface area contributed by atoms with Crippen LogP contribution in [-0.2, 0) is 0 Å². The van der Waals surface area contributed by atoms with E-state index in [0.29, 0.717) is 0 Å². The summed E-state index contributed by atoms with van der Waals surface area (Å²) in [6.45, 7) is 2.17. The lowest BCUT2D eigenvalue weighted by molar-refractivity contribution is -0.567. The summed E-state index contributed by atoms with van der Waals surface area (Å²) in [5.74, 6) is 0.827. The summed E-state index contributed by atoms with van der Waals surface area (Å²) in [6.07, 6.45) is 11.9. The van der Waals surface area contributed by atoms with Crippen molar-refractivity contribution in [2.45, 2.75) is 26.2 Å². The van der Waals surface area contributed by atoms with E-state index < -0.39 is 0 Å². The van der Waals surface area contributed by atoms with E-state index in [1.54, 1.807) is 0 Å². The molecule has 1 nitrogen and oxygen atoms in total. The molecule has 106 valence electrons. The largest absolute Gasteiger partial charge is 0.175 e. The Morgan fingerprint density at radius 2 is 1.60 bits per heavy atom. The lowest BCUT2D eigenvalue weighted by Crippen LogP contribution is -2.23. The number of aromatic nitrogens is 1. The van der Waals surface area contributed by atoms with Crippen molar-refractivity contribution in [2.24, 2.45) is 0 Å². The van der Waals surface area contributed by atoms with Gasteiger partial charge in [-0.05, 0) is 12.0 Å². The van der Waals surface area contributed by atoms with Crippen molar-refractivity contribution in [3.05, 3.63) is 66.5 Å². The average Bonchev–Trinajstić information content (AvgIpc) is 2.53. The molecule has 0 bridgehead atoms. The first-order chi connectivity index (χ1) is 9.86. The molecule has 0 fully saturated rings. The van der Waals surface area contributed by atoms with Crippen LogP contribution in [0.15, 0.2) is 60.9 Å². The Morgan fingerprint density at radius 3 is 2.15 bits per heavy atom. The zero-order valence-electron chi connectivity index (χ0n) is 12.1. The maximum absolute atomic E-state index is 5.38. The number of nitrogens with zero attached hydrogens (tertiary/aromatic N) is 1. The van der Waals surface area contributed by atoms with E-state index in [2.05, 4.69) is 25.1 Å². The van der Waals surface area contributed by atoms with Crippen LogP contribution in [0.2, 0.25) is 0 Å². The first-order valence-electron chi connectivity index (χ1n) is 7.11. The Hall–Kier alpha value is -1.60. The summed E-state index contributed by atoms with van der Waals surface area (Å²) in [6, 6.07) is 16.3. The molecule has 1 heterocycles. The highest BCUT2D eigenvalue weighted by molar-refractivity contribution is 6.17. The number of alkyl halides is 1. The number of unbranched alkanes of at least 4 members (excludes halogenated alkanes) is 2. The van der Waals surface area contributed by atoms with Crippen LogP contribution < -0.4 is 4.57 Å². The van der Waals surface area contributed by atoms with Crippen LogP contribution in [0.25, 0.3) is 12.3 Å². The highest BCUT2D eigenvalue weighted by Crippen LogP contribution is 1.99. The minimum Gasteiger partial charge on any atom is -0.174 e. The lowest BCUT2D eigenvalue weighted by atomic mass is 10.2. The minimum atomic E-state index is 0.827. The molecule has 0 aliphatic carbocycles. The van der Waals surface area contributed by atoms with Crippen LogP contribution in [0.5, 0.6) is 0 Å². The molecule has 0 amide bonds. The van der Waals surface area contributed by atoms with E-state index in [1.807, 2.05) is 59.6 Å². The molecule has 2 rings (SSSR count). The predicted molar refractivity (Wildman–Crippen MR) is 88.5 cm³/mol. The highest BCUT2D eigenvalue weighted by Gasteiger charge is 1.89. The van der Waals surface area contributed by atoms with Gasteiger partial charge in [-0.3, -0.25) is 0 Å². The molecule has 0 saturated heterocycles. The van der Waals surface area contributed by atoms with E-state index in [9.17, 15) is 0 Å². The van der Waals surface area contributed by atoms with Crippen molar-refractivity contribution in [3.63, 3.8) is 0 Å². The molecule has 0 aliphatic rings. The van der Waals surface area contributed by atoms with E-state index in [4.69, 9.17) is 11.6 Å². The van der Waals surface area contributed by atoms with Gasteiger partial charge >= 0.3 is 0 Å². The summed E-state index contributed by atoms with van der Waals surface area (Å²) in [7, 11) is 0. The molecule has 1 aromatic carbocycles. The van der Waals surface area contributed by atoms with Crippen molar-refractivity contribution in [3.8, 4) is 0 Å². The van der Waals surface area contributed by atoms with Gasteiger partial charge in [-0.1, -0.05) is 56.2 Å². The number of rotatable bonds is 5. The summed E-state index contributed by atoms with van der Waals surface area (Å²) >= 11 is 5.38. The van der Waals surface area contributed by atoms with Gasteiger partial charge in [0, 0.05) is 24.1 Å². The maximum atomic E-state index is 5.38. The molecular formula is C18H23ClN+. The normalized spacial score (nSPS) is 10.1. The Balaban J connectivity index is 0.000000286. The second-order valence-electron chi connectivity index (χ2n) is 4.45. The zero-order chi connectivity index (χ0) is 14.5. The van der Waals surface area contributed by atoms with Crippen molar-refractivity contribution in [1.82, 2.24) is 0 Å². The van der Waals surface area contributed by atoms with Crippen molar-refractivity contribution < 1.29 is 4.57 Å². The van der Waals surface area contributed by atoms with Gasteiger partial charge in [-0.2, -0.15) is 4.57 Å². The Labute approximate surface area is 127 Å². The fourth-order valence-electron chi connectivity index (χ4n) is 1.59. The summed E-state index contributed by atoms with van der Waals surface area (Å²) in [4.78, 5) is 0. The van der Waals surface area contributed by atoms with E-state index in [-0.39, 0.29) is 0 Å². The van der Waals surface area contributed by atoms with E-state index in [1.165, 1.54) is 24.8 Å². The molecule has 0 aliphatic heterocycles. The highest BCUT2D eigenvalue weighted by atomic mass is 35.5. The SMILES string of the molecule is C(=C[n+]1ccccc1)c1ccccc1.CCCCCCl. The summed E-state index contributed by atoms with van der Waals surface area (Å²) in [5.41, 5.74) is 1.21. The number of pyridine rings is 1. The maximum Gasteiger partial charge on any atom is 0.175 e. The van der Waals surface area contributed by atoms with Gasteiger partial charge < -0.3 is 0 Å². The fourth-order valence-corrected chi connectivity index (χ4v) is 1.78. The predicted octanol–water partition coefficient (Wildman–Crippen LogP) is 5.02. The van der Waals surface area contributed by atoms with Crippen LogP contribution in [0, 0.1) is 0 Å². The molecule has 2 aromatic rings. The number of hydrogen-bond donors (Lipinski definition) is 0. The lowest BCUT2D eigenvalue weighted by Gasteiger charge is -1.88. The molecular weight excluding hydrogens is 266 g/mol. The third kappa shape index (κ3) is 7.75. The standard InChI is InChI=1S/C13H12N.C5H11Cl/c1-3-7-13(8-4-1)9-12-14-10-5-2-6-11-14;1-2-3-4-5-6/h1-12H;2-5H2,1H3/q+1;. The van der Waals surface area contributed by atoms with Gasteiger partial charge in [-0.15, -0.1) is 11.6 Å². The fraction of sp³-hybridized carbons (Fsp3) is 0.278. The first-order valence-corrected chi connectivity index (χ1v) is 7.65. The Kier molecular flexibility index (Phi) is 9.25. The van der Waals surface area contributed by atoms with Gasteiger partial charge in [0.05, 0.1) is 0 Å². The third-order valence-electron chi connectivity index (χ3n) is 2.71. The monoisotopic (exact) mass is 288 g/mol. The van der Waals surface area contributed by atoms with Gasteiger partial charge in [0.25, 0.3) is 0 Å². The molecule has 0 N–H and O–H groups in total. The molecule has 20 heavy (non-hydrogen) atoms. The third-order valence-corrected chi connectivity index (χ3v) is 2.98. The minimum absolute atomic E-state index is 0.827. The van der Waals surface area contributed by atoms with Crippen LogP contribution in [-0.4, -0.2) is 5.88 Å². The average molecular weight is 289 g/mol. The Morgan fingerprint density at radius 1 is 0.950 bits per heavy atom. The summed E-state index contributed by atoms with van der Waals surface area (Å²) in [5, 5.41) is 0. The quantitative estimate of drug-likeness (QED) is 0.413. The first kappa shape index (κ1) is 16.5. The smallest absolute Gasteiger partial charge is 0.174 e. The molecule has 0 atom stereocenters. The van der Waals surface area contributed by atoms with Crippen LogP contribution in [0.3, 0.4) is 0 Å². The topological polar surface area (TPSA) is 3.88 Å². The molecule has 2 heteroatoms. The molecule has 0 spiro atoms. The van der Waals surface area contributed by atoms with Crippen molar-refractivity contribution in [1.29, 1.82) is 0 Å². The second kappa shape index (κ2) is 11.2. The van der Waals surface area contributed by atoms with Crippen LogP contribution in [0.1, 0.15) is 31.7 Å². The Bertz CT molecular complexity index is 420. The van der Waals surface area contributed by atoms with Gasteiger partial charge in [0.15, 0.2) is 18.6 Å². The van der Waals surface area contributed by atoms with Crippen LogP contribution in [0.4, 0.5) is 0 Å². The summed E-state index contributed by atoms with van der Waals surface area (Å²) < 4.78 is 2.02. The molecule has 0 unspecified atom stereocenters. The van der Waals surface area contributed by atoms with E-state index in [0.717, 1.165) is 5.88 Å². The molecule has 0 radical (unpaired) electrons. The number of benzene rings is 1. The van der Waals surface area contributed by atoms with Gasteiger partial charge in [0.2, 0.25) is 0 Å². The van der Waals surface area contributed by atoms with Gasteiger partial charge in [-0.25, -0.2) is 0 Å². The van der Waals surface area contributed by atoms with Crippen molar-refractivity contribution >= 4 is 23.9 Å².